The van der Waals surface area contributed by atoms with Gasteiger partial charge in [-0.25, -0.2) is 4.39 Å². The summed E-state index contributed by atoms with van der Waals surface area (Å²) < 4.78 is 34.4. The molecule has 0 fully saturated rings. The molecule has 2 aromatic carbocycles. The van der Waals surface area contributed by atoms with Crippen LogP contribution in [0.5, 0.6) is 11.5 Å². The molecular formula is C15H17FO4. The fourth-order valence-corrected chi connectivity index (χ4v) is 2.00. The molecule has 2 aromatic rings. The molecule has 5 heteroatoms. The Kier molecular flexibility index (Phi) is 4.76. The van der Waals surface area contributed by atoms with Crippen molar-refractivity contribution in [1.29, 1.82) is 0 Å². The zero-order valence-corrected chi connectivity index (χ0v) is 11.7. The first-order chi connectivity index (χ1) is 9.67. The maximum absolute atomic E-state index is 13.7. The average molecular weight is 280 g/mol. The Labute approximate surface area is 117 Å². The molecule has 0 saturated carbocycles. The summed E-state index contributed by atoms with van der Waals surface area (Å²) in [6.07, 6.45) is 0. The van der Waals surface area contributed by atoms with Gasteiger partial charge in [-0.2, -0.15) is 0 Å². The molecule has 0 aliphatic rings. The minimum atomic E-state index is -0.273. The molecule has 0 aromatic heterocycles. The molecule has 4 nitrogen and oxygen atoms in total. The van der Waals surface area contributed by atoms with Gasteiger partial charge in [0, 0.05) is 25.7 Å². The summed E-state index contributed by atoms with van der Waals surface area (Å²) in [4.78, 5) is 0. The van der Waals surface area contributed by atoms with Crippen LogP contribution in [0.25, 0.3) is 10.8 Å². The molecule has 0 aliphatic heterocycles. The topological polar surface area (TPSA) is 36.9 Å². The van der Waals surface area contributed by atoms with E-state index in [0.29, 0.717) is 22.4 Å². The summed E-state index contributed by atoms with van der Waals surface area (Å²) in [5.41, 5.74) is 0.534. The SMILES string of the molecule is COCOc1cc(OCOC)c2c(C)c(F)ccc2c1. The molecule has 0 saturated heterocycles. The molecule has 108 valence electrons. The molecule has 0 spiro atoms. The Morgan fingerprint density at radius 3 is 2.40 bits per heavy atom. The van der Waals surface area contributed by atoms with Gasteiger partial charge in [-0.15, -0.1) is 0 Å². The van der Waals surface area contributed by atoms with Gasteiger partial charge in [-0.05, 0) is 30.0 Å². The minimum absolute atomic E-state index is 0.0821. The Hall–Kier alpha value is -1.85. The summed E-state index contributed by atoms with van der Waals surface area (Å²) >= 11 is 0. The van der Waals surface area contributed by atoms with E-state index < -0.39 is 0 Å². The van der Waals surface area contributed by atoms with E-state index in [0.717, 1.165) is 5.39 Å². The van der Waals surface area contributed by atoms with Crippen LogP contribution in [0.2, 0.25) is 0 Å². The van der Waals surface area contributed by atoms with E-state index in [1.807, 2.05) is 6.07 Å². The highest BCUT2D eigenvalue weighted by atomic mass is 19.1. The van der Waals surface area contributed by atoms with Gasteiger partial charge in [-0.1, -0.05) is 6.07 Å². The Bertz CT molecular complexity index is 598. The van der Waals surface area contributed by atoms with E-state index in [4.69, 9.17) is 18.9 Å². The van der Waals surface area contributed by atoms with Gasteiger partial charge in [0.1, 0.15) is 17.3 Å². The zero-order valence-electron chi connectivity index (χ0n) is 11.7. The van der Waals surface area contributed by atoms with Crippen molar-refractivity contribution in [2.75, 3.05) is 27.8 Å². The maximum Gasteiger partial charge on any atom is 0.188 e. The number of rotatable bonds is 6. The van der Waals surface area contributed by atoms with Crippen molar-refractivity contribution in [3.05, 3.63) is 35.6 Å². The van der Waals surface area contributed by atoms with Crippen LogP contribution in [0.15, 0.2) is 24.3 Å². The number of aryl methyl sites for hydroxylation is 1. The van der Waals surface area contributed by atoms with E-state index in [2.05, 4.69) is 0 Å². The molecule has 0 radical (unpaired) electrons. The lowest BCUT2D eigenvalue weighted by molar-refractivity contribution is 0.0468. The average Bonchev–Trinajstić information content (AvgIpc) is 2.46. The number of halogens is 1. The molecule has 0 heterocycles. The van der Waals surface area contributed by atoms with Crippen LogP contribution in [-0.2, 0) is 9.47 Å². The summed E-state index contributed by atoms with van der Waals surface area (Å²) in [5.74, 6) is 0.842. The number of methoxy groups -OCH3 is 2. The largest absolute Gasteiger partial charge is 0.467 e. The second-order valence-corrected chi connectivity index (χ2v) is 4.29. The van der Waals surface area contributed by atoms with Crippen molar-refractivity contribution in [3.63, 3.8) is 0 Å². The fourth-order valence-electron chi connectivity index (χ4n) is 2.00. The van der Waals surface area contributed by atoms with Crippen molar-refractivity contribution in [1.82, 2.24) is 0 Å². The molecule has 0 bridgehead atoms. The van der Waals surface area contributed by atoms with Gasteiger partial charge in [0.25, 0.3) is 0 Å². The number of benzene rings is 2. The predicted octanol–water partition coefficient (Wildman–Crippen LogP) is 3.25. The first kappa shape index (κ1) is 14.6. The molecule has 2 rings (SSSR count). The van der Waals surface area contributed by atoms with E-state index >= 15 is 0 Å². The summed E-state index contributed by atoms with van der Waals surface area (Å²) in [5, 5.41) is 1.55. The van der Waals surface area contributed by atoms with Gasteiger partial charge >= 0.3 is 0 Å². The molecule has 0 aliphatic carbocycles. The lowest BCUT2D eigenvalue weighted by Gasteiger charge is -2.14. The van der Waals surface area contributed by atoms with Crippen LogP contribution in [0.1, 0.15) is 5.56 Å². The molecule has 0 N–H and O–H groups in total. The standard InChI is InChI=1S/C15H17FO4/c1-10-13(16)5-4-11-6-12(19-8-17-2)7-14(15(10)11)20-9-18-3/h4-7H,8-9H2,1-3H3. The van der Waals surface area contributed by atoms with Gasteiger partial charge in [0.15, 0.2) is 13.6 Å². The second-order valence-electron chi connectivity index (χ2n) is 4.29. The summed E-state index contributed by atoms with van der Waals surface area (Å²) in [6, 6.07) is 6.64. The molecule has 0 unspecified atom stereocenters. The van der Waals surface area contributed by atoms with E-state index in [1.54, 1.807) is 26.2 Å². The highest BCUT2D eigenvalue weighted by Crippen LogP contribution is 2.34. The number of fused-ring (bicyclic) bond motifs is 1. The highest BCUT2D eigenvalue weighted by Gasteiger charge is 2.12. The lowest BCUT2D eigenvalue weighted by Crippen LogP contribution is -2.03. The first-order valence-corrected chi connectivity index (χ1v) is 6.13. The van der Waals surface area contributed by atoms with Crippen molar-refractivity contribution in [2.45, 2.75) is 6.92 Å². The zero-order chi connectivity index (χ0) is 14.5. The van der Waals surface area contributed by atoms with Crippen molar-refractivity contribution in [3.8, 4) is 11.5 Å². The monoisotopic (exact) mass is 280 g/mol. The van der Waals surface area contributed by atoms with E-state index in [-0.39, 0.29) is 19.4 Å². The van der Waals surface area contributed by atoms with Crippen LogP contribution in [-0.4, -0.2) is 27.8 Å². The Morgan fingerprint density at radius 2 is 1.70 bits per heavy atom. The second kappa shape index (κ2) is 6.54. The maximum atomic E-state index is 13.7. The van der Waals surface area contributed by atoms with Gasteiger partial charge < -0.3 is 18.9 Å². The third kappa shape index (κ3) is 3.00. The molecule has 20 heavy (non-hydrogen) atoms. The predicted molar refractivity (Wildman–Crippen MR) is 73.7 cm³/mol. The third-order valence-electron chi connectivity index (χ3n) is 2.92. The quantitative estimate of drug-likeness (QED) is 0.761. The fraction of sp³-hybridized carbons (Fsp3) is 0.333. The number of hydrogen-bond donors (Lipinski definition) is 0. The van der Waals surface area contributed by atoms with Crippen LogP contribution < -0.4 is 9.47 Å². The van der Waals surface area contributed by atoms with Gasteiger partial charge in [-0.3, -0.25) is 0 Å². The van der Waals surface area contributed by atoms with Crippen molar-refractivity contribution in [2.24, 2.45) is 0 Å². The minimum Gasteiger partial charge on any atom is -0.467 e. The van der Waals surface area contributed by atoms with E-state index in [1.165, 1.54) is 13.2 Å². The highest BCUT2D eigenvalue weighted by molar-refractivity contribution is 5.92. The smallest absolute Gasteiger partial charge is 0.188 e. The van der Waals surface area contributed by atoms with Crippen molar-refractivity contribution >= 4 is 10.8 Å². The van der Waals surface area contributed by atoms with Gasteiger partial charge in [0.2, 0.25) is 0 Å². The summed E-state index contributed by atoms with van der Waals surface area (Å²) in [7, 11) is 3.07. The number of hydrogen-bond acceptors (Lipinski definition) is 4. The first-order valence-electron chi connectivity index (χ1n) is 6.13. The molecule has 0 amide bonds. The van der Waals surface area contributed by atoms with Crippen LogP contribution in [0.4, 0.5) is 4.39 Å². The van der Waals surface area contributed by atoms with Gasteiger partial charge in [0.05, 0.1) is 0 Å². The summed E-state index contributed by atoms with van der Waals surface area (Å²) in [6.45, 7) is 1.93. The lowest BCUT2D eigenvalue weighted by atomic mass is 10.0. The van der Waals surface area contributed by atoms with E-state index in [9.17, 15) is 4.39 Å². The Morgan fingerprint density at radius 1 is 1.00 bits per heavy atom. The molecular weight excluding hydrogens is 263 g/mol. The van der Waals surface area contributed by atoms with Crippen molar-refractivity contribution < 1.29 is 23.3 Å². The molecule has 0 atom stereocenters. The normalized spacial score (nSPS) is 10.8. The Balaban J connectivity index is 2.52. The van der Waals surface area contributed by atoms with Crippen LogP contribution in [0, 0.1) is 12.7 Å². The number of ether oxygens (including phenoxy) is 4. The van der Waals surface area contributed by atoms with Crippen LogP contribution in [0.3, 0.4) is 0 Å². The van der Waals surface area contributed by atoms with Crippen LogP contribution >= 0.6 is 0 Å². The third-order valence-corrected chi connectivity index (χ3v) is 2.92.